The molecular weight excluding hydrogens is 465 g/mol. The van der Waals surface area contributed by atoms with Crippen LogP contribution in [-0.4, -0.2) is 5.16 Å². The molecule has 0 bridgehead atoms. The maximum Gasteiger partial charge on any atom is 0.161 e. The highest BCUT2D eigenvalue weighted by Gasteiger charge is 2.13. The highest BCUT2D eigenvalue weighted by Crippen LogP contribution is 2.29. The van der Waals surface area contributed by atoms with Gasteiger partial charge in [0.15, 0.2) is 17.5 Å². The minimum absolute atomic E-state index is 0.0612. The quantitative estimate of drug-likeness (QED) is 0.128. The van der Waals surface area contributed by atoms with E-state index in [2.05, 4.69) is 23.8 Å². The van der Waals surface area contributed by atoms with Gasteiger partial charge in [0.05, 0.1) is 5.16 Å². The van der Waals surface area contributed by atoms with Crippen LogP contribution in [0.4, 0.5) is 27.6 Å². The number of isothiocyanates is 1. The molecule has 0 atom stereocenters. The highest BCUT2D eigenvalue weighted by atomic mass is 32.1. The molecule has 3 rings (SSSR count). The lowest BCUT2D eigenvalue weighted by Crippen LogP contribution is -1.97. The van der Waals surface area contributed by atoms with E-state index >= 15 is 0 Å². The fourth-order valence-corrected chi connectivity index (χ4v) is 3.52. The molecular formula is C27H20F5NS. The Bertz CT molecular complexity index is 1250. The molecule has 34 heavy (non-hydrogen) atoms. The summed E-state index contributed by atoms with van der Waals surface area (Å²) in [5.74, 6) is -3.98. The summed E-state index contributed by atoms with van der Waals surface area (Å²) in [6.07, 6.45) is 2.22. The van der Waals surface area contributed by atoms with Crippen LogP contribution in [0.5, 0.6) is 0 Å². The van der Waals surface area contributed by atoms with Crippen LogP contribution in [0.3, 0.4) is 0 Å². The number of benzene rings is 3. The number of thiocarbonyl (C=S) groups is 1. The predicted molar refractivity (Wildman–Crippen MR) is 129 cm³/mol. The first-order valence-corrected chi connectivity index (χ1v) is 10.8. The van der Waals surface area contributed by atoms with Crippen molar-refractivity contribution >= 4 is 28.9 Å². The summed E-state index contributed by atoms with van der Waals surface area (Å²) in [6, 6.07) is 12.9. The molecule has 1 nitrogen and oxygen atoms in total. The molecule has 0 amide bonds. The van der Waals surface area contributed by atoms with Crippen LogP contribution in [0.2, 0.25) is 0 Å². The first kappa shape index (κ1) is 25.2. The van der Waals surface area contributed by atoms with Gasteiger partial charge in [-0.05, 0) is 71.9 Å². The minimum atomic E-state index is -0.926. The maximum atomic E-state index is 14.7. The molecule has 0 aliphatic heterocycles. The standard InChI is InChI=1S/C27H20F5NS/c1-2-3-4-22(28)26(32)20-10-7-18(8-11-20)21-12-9-19(23(29)15-21)6-5-17-13-24(30)27(33-16-34)25(31)14-17/h2,7-15H,1,3-6H2. The third-order valence-corrected chi connectivity index (χ3v) is 5.34. The summed E-state index contributed by atoms with van der Waals surface area (Å²) in [7, 11) is 0. The lowest BCUT2D eigenvalue weighted by atomic mass is 9.98. The van der Waals surface area contributed by atoms with E-state index in [9.17, 15) is 22.0 Å². The molecule has 0 fully saturated rings. The Hall–Kier alpha value is -3.41. The van der Waals surface area contributed by atoms with Gasteiger partial charge in [0, 0.05) is 12.0 Å². The van der Waals surface area contributed by atoms with Gasteiger partial charge in [-0.2, -0.15) is 4.99 Å². The second-order valence-electron chi connectivity index (χ2n) is 7.54. The Morgan fingerprint density at radius 1 is 0.882 bits per heavy atom. The van der Waals surface area contributed by atoms with E-state index < -0.39 is 34.8 Å². The van der Waals surface area contributed by atoms with Crippen LogP contribution in [-0.2, 0) is 12.8 Å². The number of allylic oxidation sites excluding steroid dienone is 2. The zero-order valence-corrected chi connectivity index (χ0v) is 18.9. The van der Waals surface area contributed by atoms with E-state index in [4.69, 9.17) is 0 Å². The van der Waals surface area contributed by atoms with Crippen molar-refractivity contribution < 1.29 is 22.0 Å². The van der Waals surface area contributed by atoms with Gasteiger partial charge < -0.3 is 0 Å². The van der Waals surface area contributed by atoms with Crippen LogP contribution in [0.1, 0.15) is 29.5 Å². The number of aliphatic imine (C=N–C) groups is 1. The van der Waals surface area contributed by atoms with Gasteiger partial charge >= 0.3 is 0 Å². The van der Waals surface area contributed by atoms with Crippen molar-refractivity contribution in [3.8, 4) is 11.1 Å². The topological polar surface area (TPSA) is 12.4 Å². The Balaban J connectivity index is 1.73. The Morgan fingerprint density at radius 2 is 1.53 bits per heavy atom. The molecule has 0 radical (unpaired) electrons. The third-order valence-electron chi connectivity index (χ3n) is 5.25. The van der Waals surface area contributed by atoms with Crippen molar-refractivity contribution in [2.45, 2.75) is 25.7 Å². The average molecular weight is 486 g/mol. The molecule has 0 heterocycles. The van der Waals surface area contributed by atoms with Crippen molar-refractivity contribution in [3.63, 3.8) is 0 Å². The lowest BCUT2D eigenvalue weighted by molar-refractivity contribution is 0.566. The lowest BCUT2D eigenvalue weighted by Gasteiger charge is -2.09. The normalized spacial score (nSPS) is 11.6. The van der Waals surface area contributed by atoms with Gasteiger partial charge in [-0.1, -0.05) is 42.5 Å². The van der Waals surface area contributed by atoms with Crippen molar-refractivity contribution in [2.24, 2.45) is 4.99 Å². The Kier molecular flexibility index (Phi) is 8.63. The van der Waals surface area contributed by atoms with Crippen molar-refractivity contribution in [1.29, 1.82) is 0 Å². The number of aryl methyl sites for hydroxylation is 2. The molecule has 7 heteroatoms. The molecule has 0 aliphatic carbocycles. The summed E-state index contributed by atoms with van der Waals surface area (Å²) in [4.78, 5) is 3.36. The smallest absolute Gasteiger partial charge is 0.161 e. The van der Waals surface area contributed by atoms with Crippen LogP contribution in [0.25, 0.3) is 17.0 Å². The summed E-state index contributed by atoms with van der Waals surface area (Å²) in [5, 5.41) is 1.93. The third kappa shape index (κ3) is 6.13. The van der Waals surface area contributed by atoms with Gasteiger partial charge in [-0.3, -0.25) is 0 Å². The van der Waals surface area contributed by atoms with Crippen molar-refractivity contribution in [1.82, 2.24) is 0 Å². The van der Waals surface area contributed by atoms with Crippen LogP contribution in [0, 0.1) is 17.5 Å². The van der Waals surface area contributed by atoms with Gasteiger partial charge in [-0.15, -0.1) is 6.58 Å². The van der Waals surface area contributed by atoms with Crippen molar-refractivity contribution in [2.75, 3.05) is 0 Å². The van der Waals surface area contributed by atoms with E-state index in [-0.39, 0.29) is 24.8 Å². The molecule has 3 aromatic rings. The molecule has 0 N–H and O–H groups in total. The summed E-state index contributed by atoms with van der Waals surface area (Å²) >= 11 is 4.37. The van der Waals surface area contributed by atoms with Gasteiger partial charge in [0.2, 0.25) is 0 Å². The fraction of sp³-hybridized carbons (Fsp3) is 0.148. The van der Waals surface area contributed by atoms with E-state index in [0.717, 1.165) is 12.1 Å². The summed E-state index contributed by atoms with van der Waals surface area (Å²) in [5.41, 5.74) is 1.52. The number of rotatable bonds is 9. The number of hydrogen-bond donors (Lipinski definition) is 0. The number of nitrogens with zero attached hydrogens (tertiary/aromatic N) is 1. The van der Waals surface area contributed by atoms with Crippen LogP contribution >= 0.6 is 12.2 Å². The Labute approximate surface area is 200 Å². The summed E-state index contributed by atoms with van der Waals surface area (Å²) < 4.78 is 70.7. The average Bonchev–Trinajstić information content (AvgIpc) is 2.83. The SMILES string of the molecule is C=CCCC(F)=C(F)c1ccc(-c2ccc(CCc3cc(F)c(N=C=S)c(F)c3)c(F)c2)cc1. The molecule has 0 saturated carbocycles. The van der Waals surface area contributed by atoms with Gasteiger partial charge in [-0.25, -0.2) is 22.0 Å². The molecule has 0 saturated heterocycles. The van der Waals surface area contributed by atoms with Crippen LogP contribution in [0.15, 0.2) is 78.1 Å². The zero-order chi connectivity index (χ0) is 24.7. The monoisotopic (exact) mass is 485 g/mol. The molecule has 174 valence electrons. The zero-order valence-electron chi connectivity index (χ0n) is 18.1. The van der Waals surface area contributed by atoms with Gasteiger partial charge in [0.25, 0.3) is 0 Å². The van der Waals surface area contributed by atoms with Gasteiger partial charge in [0.1, 0.15) is 17.3 Å². The molecule has 3 aromatic carbocycles. The van der Waals surface area contributed by atoms with E-state index in [1.165, 1.54) is 24.3 Å². The van der Waals surface area contributed by atoms with E-state index in [1.54, 1.807) is 24.3 Å². The number of halogens is 5. The second-order valence-corrected chi connectivity index (χ2v) is 7.72. The highest BCUT2D eigenvalue weighted by molar-refractivity contribution is 7.78. The van der Waals surface area contributed by atoms with Crippen molar-refractivity contribution in [3.05, 3.63) is 107 Å². The maximum absolute atomic E-state index is 14.7. The number of hydrogen-bond acceptors (Lipinski definition) is 2. The molecule has 0 aliphatic rings. The fourth-order valence-electron chi connectivity index (χ4n) is 3.43. The van der Waals surface area contributed by atoms with Crippen LogP contribution < -0.4 is 0 Å². The largest absolute Gasteiger partial charge is 0.209 e. The first-order chi connectivity index (χ1) is 16.3. The minimum Gasteiger partial charge on any atom is -0.209 e. The molecule has 0 unspecified atom stereocenters. The molecule has 0 spiro atoms. The molecule has 0 aromatic heterocycles. The summed E-state index contributed by atoms with van der Waals surface area (Å²) in [6.45, 7) is 3.49. The van der Waals surface area contributed by atoms with E-state index in [0.29, 0.717) is 28.7 Å². The second kappa shape index (κ2) is 11.6. The Morgan fingerprint density at radius 3 is 2.12 bits per heavy atom. The van der Waals surface area contributed by atoms with E-state index in [1.807, 2.05) is 5.16 Å². The first-order valence-electron chi connectivity index (χ1n) is 10.4. The predicted octanol–water partition coefficient (Wildman–Crippen LogP) is 8.86.